The summed E-state index contributed by atoms with van der Waals surface area (Å²) in [5.41, 5.74) is 0.710. The Morgan fingerprint density at radius 1 is 0.839 bits per heavy atom. The van der Waals surface area contributed by atoms with Gasteiger partial charge in [0.25, 0.3) is 0 Å². The second-order valence-electron chi connectivity index (χ2n) is 7.21. The van der Waals surface area contributed by atoms with Crippen LogP contribution in [-0.2, 0) is 29.1 Å². The molecule has 0 spiro atoms. The Balaban J connectivity index is 1.95. The molecule has 0 unspecified atom stereocenters. The van der Waals surface area contributed by atoms with E-state index in [1.165, 1.54) is 11.0 Å². The first-order valence-corrected chi connectivity index (χ1v) is 9.98. The monoisotopic (exact) mass is 415 g/mol. The standard InChI is InChI=1S/C26H25NO4/c1-2-26(24(28)29,18-21-12-6-3-7-13-21)27(19-22-14-8-4-9-15-22)25(30)31-20-23-16-10-5-11-17-23/h2-17H,1,18-20H2,(H,28,29)/t26-/m0/s1. The normalized spacial score (nSPS) is 12.4. The Morgan fingerprint density at radius 2 is 1.32 bits per heavy atom. The van der Waals surface area contributed by atoms with E-state index in [1.807, 2.05) is 91.0 Å². The van der Waals surface area contributed by atoms with Gasteiger partial charge in [0.2, 0.25) is 0 Å². The van der Waals surface area contributed by atoms with Crippen LogP contribution in [0.15, 0.2) is 104 Å². The molecule has 0 heterocycles. The SMILES string of the molecule is C=C[C@](Cc1ccccc1)(C(=O)O)N(Cc1ccccc1)C(=O)OCc1ccccc1. The summed E-state index contributed by atoms with van der Waals surface area (Å²) in [5, 5.41) is 10.2. The van der Waals surface area contributed by atoms with E-state index in [-0.39, 0.29) is 19.6 Å². The third-order valence-electron chi connectivity index (χ3n) is 5.12. The van der Waals surface area contributed by atoms with Crippen molar-refractivity contribution in [2.45, 2.75) is 25.1 Å². The van der Waals surface area contributed by atoms with Crippen LogP contribution in [0.2, 0.25) is 0 Å². The summed E-state index contributed by atoms with van der Waals surface area (Å²) in [7, 11) is 0. The number of nitrogens with zero attached hydrogens (tertiary/aromatic N) is 1. The van der Waals surface area contributed by atoms with Crippen molar-refractivity contribution < 1.29 is 19.4 Å². The molecular formula is C26H25NO4. The van der Waals surface area contributed by atoms with Crippen molar-refractivity contribution in [1.82, 2.24) is 4.90 Å². The first-order valence-electron chi connectivity index (χ1n) is 9.98. The summed E-state index contributed by atoms with van der Waals surface area (Å²) in [6.07, 6.45) is 0.667. The van der Waals surface area contributed by atoms with Crippen LogP contribution in [0.1, 0.15) is 16.7 Å². The van der Waals surface area contributed by atoms with Crippen LogP contribution in [0.5, 0.6) is 0 Å². The highest BCUT2D eigenvalue weighted by molar-refractivity contribution is 5.87. The van der Waals surface area contributed by atoms with E-state index in [1.54, 1.807) is 0 Å². The van der Waals surface area contributed by atoms with Crippen molar-refractivity contribution in [2.75, 3.05) is 0 Å². The van der Waals surface area contributed by atoms with Crippen molar-refractivity contribution >= 4 is 12.1 Å². The van der Waals surface area contributed by atoms with Gasteiger partial charge in [-0.3, -0.25) is 4.90 Å². The van der Waals surface area contributed by atoms with Crippen LogP contribution < -0.4 is 0 Å². The molecule has 3 rings (SSSR count). The van der Waals surface area contributed by atoms with Gasteiger partial charge in [-0.05, 0) is 16.7 Å². The quantitative estimate of drug-likeness (QED) is 0.495. The van der Waals surface area contributed by atoms with Crippen LogP contribution in [0.4, 0.5) is 4.79 Å². The van der Waals surface area contributed by atoms with Gasteiger partial charge in [-0.25, -0.2) is 9.59 Å². The summed E-state index contributed by atoms with van der Waals surface area (Å²) in [5.74, 6) is -1.17. The molecule has 0 bridgehead atoms. The summed E-state index contributed by atoms with van der Waals surface area (Å²) in [6.45, 7) is 3.90. The summed E-state index contributed by atoms with van der Waals surface area (Å²) in [6, 6.07) is 27.7. The van der Waals surface area contributed by atoms with Gasteiger partial charge in [-0.1, -0.05) is 97.1 Å². The minimum absolute atomic E-state index is 0.0448. The number of carbonyl (C=O) groups is 2. The maximum atomic E-state index is 13.2. The molecule has 0 saturated carbocycles. The number of hydrogen-bond acceptors (Lipinski definition) is 3. The highest BCUT2D eigenvalue weighted by Crippen LogP contribution is 2.27. The van der Waals surface area contributed by atoms with Crippen LogP contribution in [0.25, 0.3) is 0 Å². The Morgan fingerprint density at radius 3 is 1.81 bits per heavy atom. The molecule has 0 aliphatic rings. The molecule has 0 saturated heterocycles. The van der Waals surface area contributed by atoms with Gasteiger partial charge in [0.15, 0.2) is 5.54 Å². The van der Waals surface area contributed by atoms with E-state index >= 15 is 0 Å². The van der Waals surface area contributed by atoms with Crippen molar-refractivity contribution in [3.63, 3.8) is 0 Å². The first kappa shape index (κ1) is 21.8. The Hall–Kier alpha value is -3.86. The van der Waals surface area contributed by atoms with Crippen molar-refractivity contribution in [3.8, 4) is 0 Å². The number of amides is 1. The lowest BCUT2D eigenvalue weighted by Crippen LogP contribution is -2.57. The predicted octanol–water partition coefficient (Wildman–Crippen LogP) is 5.08. The molecule has 3 aromatic rings. The number of carboxylic acid groups (broad SMARTS) is 1. The van der Waals surface area contributed by atoms with Gasteiger partial charge < -0.3 is 9.84 Å². The number of benzene rings is 3. The molecule has 0 aromatic heterocycles. The van der Waals surface area contributed by atoms with E-state index < -0.39 is 17.6 Å². The smallest absolute Gasteiger partial charge is 0.411 e. The van der Waals surface area contributed by atoms with E-state index in [0.29, 0.717) is 0 Å². The lowest BCUT2D eigenvalue weighted by molar-refractivity contribution is -0.147. The lowest BCUT2D eigenvalue weighted by Gasteiger charge is -2.38. The molecule has 1 amide bonds. The molecule has 158 valence electrons. The van der Waals surface area contributed by atoms with Gasteiger partial charge in [-0.15, -0.1) is 6.58 Å². The second kappa shape index (κ2) is 10.3. The zero-order valence-corrected chi connectivity index (χ0v) is 17.2. The number of rotatable bonds is 9. The Kier molecular flexibility index (Phi) is 7.22. The third-order valence-corrected chi connectivity index (χ3v) is 5.12. The minimum Gasteiger partial charge on any atom is -0.479 e. The number of ether oxygens (including phenoxy) is 1. The molecule has 5 heteroatoms. The molecule has 5 nitrogen and oxygen atoms in total. The van der Waals surface area contributed by atoms with E-state index in [4.69, 9.17) is 4.74 Å². The fraction of sp³-hybridized carbons (Fsp3) is 0.154. The predicted molar refractivity (Wildman–Crippen MR) is 119 cm³/mol. The summed E-state index contributed by atoms with van der Waals surface area (Å²) >= 11 is 0. The average molecular weight is 415 g/mol. The molecule has 3 aromatic carbocycles. The molecule has 1 atom stereocenters. The van der Waals surface area contributed by atoms with Gasteiger partial charge in [0, 0.05) is 6.42 Å². The molecule has 31 heavy (non-hydrogen) atoms. The van der Waals surface area contributed by atoms with Gasteiger partial charge in [0.1, 0.15) is 6.61 Å². The Labute approximate surface area is 182 Å². The van der Waals surface area contributed by atoms with Gasteiger partial charge in [-0.2, -0.15) is 0 Å². The van der Waals surface area contributed by atoms with Crippen LogP contribution in [0, 0.1) is 0 Å². The van der Waals surface area contributed by atoms with Crippen molar-refractivity contribution in [1.29, 1.82) is 0 Å². The topological polar surface area (TPSA) is 66.8 Å². The zero-order chi connectivity index (χ0) is 22.1. The highest BCUT2D eigenvalue weighted by Gasteiger charge is 2.45. The molecule has 0 fully saturated rings. The largest absolute Gasteiger partial charge is 0.479 e. The maximum Gasteiger partial charge on any atom is 0.411 e. The third kappa shape index (κ3) is 5.39. The fourth-order valence-corrected chi connectivity index (χ4v) is 3.39. The van der Waals surface area contributed by atoms with Crippen LogP contribution in [0.3, 0.4) is 0 Å². The lowest BCUT2D eigenvalue weighted by atomic mass is 9.88. The van der Waals surface area contributed by atoms with Gasteiger partial charge in [0.05, 0.1) is 6.54 Å². The van der Waals surface area contributed by atoms with E-state index in [2.05, 4.69) is 6.58 Å². The minimum atomic E-state index is -1.68. The Bertz CT molecular complexity index is 1010. The van der Waals surface area contributed by atoms with E-state index in [9.17, 15) is 14.7 Å². The maximum absolute atomic E-state index is 13.2. The molecule has 0 radical (unpaired) electrons. The summed E-state index contributed by atoms with van der Waals surface area (Å²) < 4.78 is 5.53. The van der Waals surface area contributed by atoms with E-state index in [0.717, 1.165) is 16.7 Å². The molecule has 1 N–H and O–H groups in total. The number of aliphatic carboxylic acids is 1. The average Bonchev–Trinajstić information content (AvgIpc) is 2.81. The highest BCUT2D eigenvalue weighted by atomic mass is 16.6. The molecule has 0 aliphatic carbocycles. The van der Waals surface area contributed by atoms with Crippen LogP contribution in [-0.4, -0.2) is 27.6 Å². The van der Waals surface area contributed by atoms with Gasteiger partial charge >= 0.3 is 12.1 Å². The molecular weight excluding hydrogens is 390 g/mol. The number of hydrogen-bond donors (Lipinski definition) is 1. The zero-order valence-electron chi connectivity index (χ0n) is 17.2. The number of carboxylic acids is 1. The number of carbonyl (C=O) groups excluding carboxylic acids is 1. The first-order chi connectivity index (χ1) is 15.0. The summed E-state index contributed by atoms with van der Waals surface area (Å²) in [4.78, 5) is 27.0. The van der Waals surface area contributed by atoms with Crippen molar-refractivity contribution in [3.05, 3.63) is 120 Å². The fourth-order valence-electron chi connectivity index (χ4n) is 3.39. The van der Waals surface area contributed by atoms with Crippen LogP contribution >= 0.6 is 0 Å². The van der Waals surface area contributed by atoms with Crippen molar-refractivity contribution in [2.24, 2.45) is 0 Å². The molecule has 0 aliphatic heterocycles. The second-order valence-corrected chi connectivity index (χ2v) is 7.21.